The van der Waals surface area contributed by atoms with Crippen LogP contribution in [-0.2, 0) is 23.7 Å². The molecule has 10 nitrogen and oxygen atoms in total. The molecule has 0 fully saturated rings. The van der Waals surface area contributed by atoms with Gasteiger partial charge in [0.1, 0.15) is 12.4 Å². The topological polar surface area (TPSA) is 139 Å². The Balaban J connectivity index is 1.61. The average molecular weight is 430 g/mol. The monoisotopic (exact) mass is 430 g/mol. The van der Waals surface area contributed by atoms with Crippen LogP contribution in [0.15, 0.2) is 58.1 Å². The maximum absolute atomic E-state index is 13.0. The Hall–Kier alpha value is -3.64. The van der Waals surface area contributed by atoms with Gasteiger partial charge >= 0.3 is 0 Å². The molecule has 1 aromatic carbocycles. The minimum atomic E-state index is -3.87. The lowest BCUT2D eigenvalue weighted by Gasteiger charge is -2.06. The molecule has 2 N–H and O–H groups in total. The SMILES string of the molecule is Cn1ncc(-c2nnc(-c3cccc(S(N)(=O)=O)c3)o2)c1COc1ccc(F)cn1. The number of rotatable bonds is 6. The number of hydrogen-bond acceptors (Lipinski definition) is 8. The largest absolute Gasteiger partial charge is 0.471 e. The van der Waals surface area contributed by atoms with E-state index < -0.39 is 15.8 Å². The fourth-order valence-electron chi connectivity index (χ4n) is 2.66. The molecule has 0 aliphatic heterocycles. The third kappa shape index (κ3) is 4.04. The highest BCUT2D eigenvalue weighted by Crippen LogP contribution is 2.27. The summed E-state index contributed by atoms with van der Waals surface area (Å²) in [5, 5.41) is 17.4. The van der Waals surface area contributed by atoms with Gasteiger partial charge < -0.3 is 9.15 Å². The lowest BCUT2D eigenvalue weighted by molar-refractivity contribution is 0.282. The zero-order valence-corrected chi connectivity index (χ0v) is 16.4. The van der Waals surface area contributed by atoms with Crippen molar-refractivity contribution in [3.63, 3.8) is 0 Å². The zero-order chi connectivity index (χ0) is 21.3. The number of aryl methyl sites for hydroxylation is 1. The van der Waals surface area contributed by atoms with Gasteiger partial charge in [0, 0.05) is 18.7 Å². The highest BCUT2D eigenvalue weighted by atomic mass is 32.2. The fraction of sp³-hybridized carbons (Fsp3) is 0.111. The number of halogens is 1. The Labute approximate surface area is 170 Å². The molecular formula is C18H15FN6O4S. The molecule has 0 saturated carbocycles. The van der Waals surface area contributed by atoms with Crippen molar-refractivity contribution in [3.8, 4) is 28.8 Å². The lowest BCUT2D eigenvalue weighted by Crippen LogP contribution is -2.11. The normalized spacial score (nSPS) is 11.6. The summed E-state index contributed by atoms with van der Waals surface area (Å²) in [5.74, 6) is 0.0687. The van der Waals surface area contributed by atoms with E-state index in [0.717, 1.165) is 6.20 Å². The van der Waals surface area contributed by atoms with E-state index in [1.165, 1.54) is 36.5 Å². The van der Waals surface area contributed by atoms with Crippen LogP contribution in [0, 0.1) is 5.82 Å². The third-order valence-electron chi connectivity index (χ3n) is 4.18. The summed E-state index contributed by atoms with van der Waals surface area (Å²) < 4.78 is 49.0. The number of ether oxygens (including phenoxy) is 1. The molecule has 0 aliphatic carbocycles. The van der Waals surface area contributed by atoms with Crippen LogP contribution in [0.5, 0.6) is 5.88 Å². The van der Waals surface area contributed by atoms with Crippen molar-refractivity contribution in [2.45, 2.75) is 11.5 Å². The Kier molecular flexibility index (Phi) is 5.01. The predicted octanol–water partition coefficient (Wildman–Crippen LogP) is 1.90. The number of nitrogens with zero attached hydrogens (tertiary/aromatic N) is 5. The first kappa shape index (κ1) is 19.7. The Bertz CT molecular complexity index is 1300. The number of benzene rings is 1. The molecule has 0 atom stereocenters. The molecule has 0 aliphatic rings. The van der Waals surface area contributed by atoms with E-state index in [1.54, 1.807) is 17.8 Å². The molecule has 0 unspecified atom stereocenters. The van der Waals surface area contributed by atoms with Gasteiger partial charge in [-0.25, -0.2) is 22.9 Å². The average Bonchev–Trinajstić information content (AvgIpc) is 3.34. The van der Waals surface area contributed by atoms with Crippen molar-refractivity contribution in [2.24, 2.45) is 12.2 Å². The van der Waals surface area contributed by atoms with Gasteiger partial charge in [0.15, 0.2) is 0 Å². The molecule has 4 rings (SSSR count). The van der Waals surface area contributed by atoms with Crippen molar-refractivity contribution < 1.29 is 22.0 Å². The summed E-state index contributed by atoms with van der Waals surface area (Å²) >= 11 is 0. The van der Waals surface area contributed by atoms with E-state index in [2.05, 4.69) is 20.3 Å². The summed E-state index contributed by atoms with van der Waals surface area (Å²) in [7, 11) is -2.15. The van der Waals surface area contributed by atoms with E-state index in [9.17, 15) is 12.8 Å². The van der Waals surface area contributed by atoms with E-state index in [4.69, 9.17) is 14.3 Å². The first-order valence-corrected chi connectivity index (χ1v) is 10.1. The number of pyridine rings is 1. The van der Waals surface area contributed by atoms with Gasteiger partial charge in [-0.3, -0.25) is 4.68 Å². The minimum Gasteiger partial charge on any atom is -0.471 e. The quantitative estimate of drug-likeness (QED) is 0.489. The minimum absolute atomic E-state index is 0.0676. The first-order valence-electron chi connectivity index (χ1n) is 8.53. The fourth-order valence-corrected chi connectivity index (χ4v) is 3.22. The van der Waals surface area contributed by atoms with Crippen LogP contribution in [0.25, 0.3) is 22.9 Å². The van der Waals surface area contributed by atoms with Gasteiger partial charge in [-0.1, -0.05) is 6.07 Å². The third-order valence-corrected chi connectivity index (χ3v) is 5.09. The van der Waals surface area contributed by atoms with Gasteiger partial charge in [-0.2, -0.15) is 5.10 Å². The van der Waals surface area contributed by atoms with Crippen LogP contribution in [0.2, 0.25) is 0 Å². The Morgan fingerprint density at radius 3 is 2.70 bits per heavy atom. The maximum atomic E-state index is 13.0. The molecule has 3 aromatic heterocycles. The molecule has 0 spiro atoms. The van der Waals surface area contributed by atoms with Crippen LogP contribution in [0.3, 0.4) is 0 Å². The zero-order valence-electron chi connectivity index (χ0n) is 15.6. The summed E-state index contributed by atoms with van der Waals surface area (Å²) in [5.41, 5.74) is 1.55. The van der Waals surface area contributed by atoms with Crippen LogP contribution in [0.1, 0.15) is 5.69 Å². The maximum Gasteiger partial charge on any atom is 0.251 e. The Morgan fingerprint density at radius 2 is 1.97 bits per heavy atom. The van der Waals surface area contributed by atoms with Crippen molar-refractivity contribution in [1.82, 2.24) is 25.0 Å². The molecule has 30 heavy (non-hydrogen) atoms. The predicted molar refractivity (Wildman–Crippen MR) is 102 cm³/mol. The second-order valence-corrected chi connectivity index (χ2v) is 7.78. The highest BCUT2D eigenvalue weighted by Gasteiger charge is 2.19. The molecule has 154 valence electrons. The number of nitrogens with two attached hydrogens (primary N) is 1. The molecule has 0 bridgehead atoms. The van der Waals surface area contributed by atoms with Crippen molar-refractivity contribution >= 4 is 10.0 Å². The number of primary sulfonamides is 1. The van der Waals surface area contributed by atoms with Crippen LogP contribution in [0.4, 0.5) is 4.39 Å². The standard InChI is InChI=1S/C18H15FN6O4S/c1-25-15(10-28-16-6-5-12(19)8-21-16)14(9-22-25)18-24-23-17(29-18)11-3-2-4-13(7-11)30(20,26)27/h2-9H,10H2,1H3,(H2,20,26,27). The number of hydrogen-bond donors (Lipinski definition) is 1. The second-order valence-electron chi connectivity index (χ2n) is 6.22. The summed E-state index contributed by atoms with van der Waals surface area (Å²) in [6.07, 6.45) is 2.59. The van der Waals surface area contributed by atoms with Crippen LogP contribution < -0.4 is 9.88 Å². The van der Waals surface area contributed by atoms with E-state index in [1.807, 2.05) is 0 Å². The van der Waals surface area contributed by atoms with Gasteiger partial charge in [-0.15, -0.1) is 10.2 Å². The van der Waals surface area contributed by atoms with Gasteiger partial charge in [0.25, 0.3) is 5.89 Å². The molecule has 4 aromatic rings. The van der Waals surface area contributed by atoms with Crippen molar-refractivity contribution in [2.75, 3.05) is 0 Å². The molecule has 3 heterocycles. The van der Waals surface area contributed by atoms with Crippen LogP contribution >= 0.6 is 0 Å². The van der Waals surface area contributed by atoms with Crippen molar-refractivity contribution in [3.05, 3.63) is 60.3 Å². The molecule has 0 amide bonds. The van der Waals surface area contributed by atoms with E-state index in [-0.39, 0.29) is 29.2 Å². The summed E-state index contributed by atoms with van der Waals surface area (Å²) in [6, 6.07) is 8.52. The van der Waals surface area contributed by atoms with Crippen LogP contribution in [-0.4, -0.2) is 33.4 Å². The van der Waals surface area contributed by atoms with Gasteiger partial charge in [-0.05, 0) is 24.3 Å². The molecule has 12 heteroatoms. The smallest absolute Gasteiger partial charge is 0.251 e. The van der Waals surface area contributed by atoms with Crippen molar-refractivity contribution in [1.29, 1.82) is 0 Å². The molecular weight excluding hydrogens is 415 g/mol. The van der Waals surface area contributed by atoms with Gasteiger partial charge in [0.2, 0.25) is 21.8 Å². The van der Waals surface area contributed by atoms with E-state index >= 15 is 0 Å². The van der Waals surface area contributed by atoms with E-state index in [0.29, 0.717) is 16.8 Å². The highest BCUT2D eigenvalue weighted by molar-refractivity contribution is 7.89. The second kappa shape index (κ2) is 7.65. The molecule has 0 saturated heterocycles. The van der Waals surface area contributed by atoms with Gasteiger partial charge in [0.05, 0.1) is 28.5 Å². The lowest BCUT2D eigenvalue weighted by atomic mass is 10.2. The number of sulfonamides is 1. The summed E-state index contributed by atoms with van der Waals surface area (Å²) in [4.78, 5) is 3.78. The number of aromatic nitrogens is 5. The first-order chi connectivity index (χ1) is 14.3. The summed E-state index contributed by atoms with van der Waals surface area (Å²) in [6.45, 7) is 0.0725. The molecule has 0 radical (unpaired) electrons. The Morgan fingerprint density at radius 1 is 1.17 bits per heavy atom.